The van der Waals surface area contributed by atoms with E-state index in [0.717, 1.165) is 38.5 Å². The summed E-state index contributed by atoms with van der Waals surface area (Å²) in [5, 5.41) is 0. The average molecular weight is 365 g/mol. The quantitative estimate of drug-likeness (QED) is 0.660. The number of nitrogens with zero attached hydrogens (tertiary/aromatic N) is 1. The van der Waals surface area contributed by atoms with E-state index in [0.29, 0.717) is 36.9 Å². The van der Waals surface area contributed by atoms with Gasteiger partial charge < -0.3 is 23.7 Å². The molecule has 1 aliphatic carbocycles. The highest BCUT2D eigenvalue weighted by Crippen LogP contribution is 2.31. The molecule has 0 spiro atoms. The Balaban J connectivity index is 1.46. The van der Waals surface area contributed by atoms with Crippen molar-refractivity contribution in [2.75, 3.05) is 53.7 Å². The van der Waals surface area contributed by atoms with Crippen molar-refractivity contribution in [3.05, 3.63) is 18.2 Å². The Morgan fingerprint density at radius 1 is 1.00 bits per heavy atom. The van der Waals surface area contributed by atoms with E-state index in [2.05, 4.69) is 4.90 Å². The van der Waals surface area contributed by atoms with Gasteiger partial charge in [-0.15, -0.1) is 0 Å². The summed E-state index contributed by atoms with van der Waals surface area (Å²) < 4.78 is 28.1. The predicted octanol–water partition coefficient (Wildman–Crippen LogP) is 2.74. The zero-order valence-corrected chi connectivity index (χ0v) is 15.9. The zero-order chi connectivity index (χ0) is 18.2. The third-order valence-corrected chi connectivity index (χ3v) is 5.22. The highest BCUT2D eigenvalue weighted by atomic mass is 16.5. The fourth-order valence-corrected chi connectivity index (χ4v) is 3.86. The lowest BCUT2D eigenvalue weighted by atomic mass is 9.91. The Bertz CT molecular complexity index is 547. The number of ether oxygens (including phenoxy) is 5. The van der Waals surface area contributed by atoms with Gasteiger partial charge in [0.2, 0.25) is 0 Å². The Morgan fingerprint density at radius 2 is 1.77 bits per heavy atom. The summed E-state index contributed by atoms with van der Waals surface area (Å²) in [6, 6.07) is 6.10. The molecule has 1 saturated carbocycles. The van der Waals surface area contributed by atoms with Gasteiger partial charge in [0, 0.05) is 25.2 Å². The largest absolute Gasteiger partial charge is 0.493 e. The van der Waals surface area contributed by atoms with Crippen LogP contribution in [-0.4, -0.2) is 70.8 Å². The van der Waals surface area contributed by atoms with E-state index < -0.39 is 0 Å². The van der Waals surface area contributed by atoms with Crippen LogP contribution >= 0.6 is 0 Å². The molecule has 1 heterocycles. The van der Waals surface area contributed by atoms with Gasteiger partial charge in [-0.05, 0) is 25.0 Å². The molecule has 6 heteroatoms. The molecule has 3 rings (SSSR count). The first kappa shape index (κ1) is 19.3. The minimum atomic E-state index is 0.302. The Hall–Kier alpha value is -1.50. The molecule has 2 fully saturated rings. The van der Waals surface area contributed by atoms with Gasteiger partial charge in [0.1, 0.15) is 12.4 Å². The van der Waals surface area contributed by atoms with Crippen LogP contribution in [0.2, 0.25) is 0 Å². The third-order valence-electron chi connectivity index (χ3n) is 5.22. The topological polar surface area (TPSA) is 49.4 Å². The van der Waals surface area contributed by atoms with Gasteiger partial charge in [0.15, 0.2) is 11.5 Å². The second-order valence-electron chi connectivity index (χ2n) is 6.77. The lowest BCUT2D eigenvalue weighted by Gasteiger charge is -2.41. The van der Waals surface area contributed by atoms with Gasteiger partial charge in [0.25, 0.3) is 0 Å². The van der Waals surface area contributed by atoms with E-state index in [4.69, 9.17) is 23.7 Å². The standard InChI is InChI=1S/C20H31NO5/c1-22-19-8-7-16(15-20(19)23-2)25-13-14-26-18-6-4-3-5-17(18)21-9-11-24-12-10-21/h7-8,15,17-18H,3-6,9-14H2,1-2H3/t17-,18-/m1/s1. The van der Waals surface area contributed by atoms with Crippen LogP contribution in [0.3, 0.4) is 0 Å². The molecule has 0 amide bonds. The number of morpholine rings is 1. The first-order valence-electron chi connectivity index (χ1n) is 9.60. The number of rotatable bonds is 8. The van der Waals surface area contributed by atoms with Crippen molar-refractivity contribution in [1.82, 2.24) is 4.90 Å². The maximum Gasteiger partial charge on any atom is 0.164 e. The lowest BCUT2D eigenvalue weighted by molar-refractivity contribution is -0.0698. The summed E-state index contributed by atoms with van der Waals surface area (Å²) in [6.45, 7) is 4.85. The second-order valence-corrected chi connectivity index (χ2v) is 6.77. The molecule has 146 valence electrons. The van der Waals surface area contributed by atoms with Crippen LogP contribution in [0.5, 0.6) is 17.2 Å². The molecule has 0 N–H and O–H groups in total. The highest BCUT2D eigenvalue weighted by molar-refractivity contribution is 5.45. The summed E-state index contributed by atoms with van der Waals surface area (Å²) in [5.41, 5.74) is 0. The van der Waals surface area contributed by atoms with Crippen LogP contribution in [-0.2, 0) is 9.47 Å². The molecule has 0 radical (unpaired) electrons. The van der Waals surface area contributed by atoms with Crippen LogP contribution in [0.1, 0.15) is 25.7 Å². The van der Waals surface area contributed by atoms with Crippen LogP contribution in [0.15, 0.2) is 18.2 Å². The fourth-order valence-electron chi connectivity index (χ4n) is 3.86. The lowest BCUT2D eigenvalue weighted by Crippen LogP contribution is -2.51. The summed E-state index contributed by atoms with van der Waals surface area (Å²) >= 11 is 0. The first-order chi connectivity index (χ1) is 12.8. The Morgan fingerprint density at radius 3 is 2.54 bits per heavy atom. The highest BCUT2D eigenvalue weighted by Gasteiger charge is 2.31. The maximum atomic E-state index is 6.21. The Labute approximate surface area is 156 Å². The van der Waals surface area contributed by atoms with Gasteiger partial charge in [-0.1, -0.05) is 12.8 Å². The molecule has 0 unspecified atom stereocenters. The summed E-state index contributed by atoms with van der Waals surface area (Å²) in [4.78, 5) is 2.54. The molecule has 1 aliphatic heterocycles. The van der Waals surface area contributed by atoms with Crippen LogP contribution in [0, 0.1) is 0 Å². The predicted molar refractivity (Wildman–Crippen MR) is 99.4 cm³/mol. The molecule has 1 aromatic rings. The van der Waals surface area contributed by atoms with E-state index in [-0.39, 0.29) is 0 Å². The minimum absolute atomic E-state index is 0.302. The maximum absolute atomic E-state index is 6.21. The monoisotopic (exact) mass is 365 g/mol. The van der Waals surface area contributed by atoms with Gasteiger partial charge in [-0.2, -0.15) is 0 Å². The molecule has 1 aromatic carbocycles. The molecule has 0 aromatic heterocycles. The van der Waals surface area contributed by atoms with Gasteiger partial charge in [0.05, 0.1) is 40.1 Å². The molecule has 26 heavy (non-hydrogen) atoms. The molecule has 2 aliphatic rings. The number of methoxy groups -OCH3 is 2. The van der Waals surface area contributed by atoms with Crippen molar-refractivity contribution in [3.63, 3.8) is 0 Å². The Kier molecular flexibility index (Phi) is 7.41. The number of benzene rings is 1. The third kappa shape index (κ3) is 5.02. The second kappa shape index (κ2) is 10.00. The van der Waals surface area contributed by atoms with Crippen molar-refractivity contribution in [1.29, 1.82) is 0 Å². The van der Waals surface area contributed by atoms with Crippen LogP contribution in [0.4, 0.5) is 0 Å². The smallest absolute Gasteiger partial charge is 0.164 e. The number of hydrogen-bond acceptors (Lipinski definition) is 6. The summed E-state index contributed by atoms with van der Waals surface area (Å²) in [5.74, 6) is 2.14. The SMILES string of the molecule is COc1ccc(OCCO[C@@H]2CCCC[C@H]2N2CCOCC2)cc1OC. The zero-order valence-electron chi connectivity index (χ0n) is 15.9. The molecule has 0 bridgehead atoms. The van der Waals surface area contributed by atoms with E-state index in [1.807, 2.05) is 18.2 Å². The molecule has 6 nitrogen and oxygen atoms in total. The van der Waals surface area contributed by atoms with Gasteiger partial charge >= 0.3 is 0 Å². The molecule has 2 atom stereocenters. The summed E-state index contributed by atoms with van der Waals surface area (Å²) in [7, 11) is 3.25. The van der Waals surface area contributed by atoms with Crippen molar-refractivity contribution < 1.29 is 23.7 Å². The van der Waals surface area contributed by atoms with E-state index in [9.17, 15) is 0 Å². The molecular formula is C20H31NO5. The number of hydrogen-bond donors (Lipinski definition) is 0. The summed E-state index contributed by atoms with van der Waals surface area (Å²) in [6.07, 6.45) is 5.21. The normalized spacial score (nSPS) is 24.2. The molecule has 1 saturated heterocycles. The van der Waals surface area contributed by atoms with Crippen molar-refractivity contribution in [2.24, 2.45) is 0 Å². The van der Waals surface area contributed by atoms with Crippen molar-refractivity contribution >= 4 is 0 Å². The minimum Gasteiger partial charge on any atom is -0.493 e. The first-order valence-corrected chi connectivity index (χ1v) is 9.60. The fraction of sp³-hybridized carbons (Fsp3) is 0.700. The van der Waals surface area contributed by atoms with Gasteiger partial charge in [-0.25, -0.2) is 0 Å². The van der Waals surface area contributed by atoms with Crippen molar-refractivity contribution in [3.8, 4) is 17.2 Å². The van der Waals surface area contributed by atoms with Crippen LogP contribution < -0.4 is 14.2 Å². The molecular weight excluding hydrogens is 334 g/mol. The van der Waals surface area contributed by atoms with Crippen LogP contribution in [0.25, 0.3) is 0 Å². The van der Waals surface area contributed by atoms with Crippen molar-refractivity contribution in [2.45, 2.75) is 37.8 Å². The van der Waals surface area contributed by atoms with E-state index in [1.54, 1.807) is 14.2 Å². The van der Waals surface area contributed by atoms with E-state index in [1.165, 1.54) is 19.3 Å². The average Bonchev–Trinajstić information content (AvgIpc) is 2.72. The van der Waals surface area contributed by atoms with E-state index >= 15 is 0 Å². The van der Waals surface area contributed by atoms with Gasteiger partial charge in [-0.3, -0.25) is 4.90 Å².